The van der Waals surface area contributed by atoms with Gasteiger partial charge in [0.15, 0.2) is 0 Å². The van der Waals surface area contributed by atoms with Crippen LogP contribution in [0.25, 0.3) is 0 Å². The molecular formula is C22H29N3O2S. The normalized spacial score (nSPS) is 20.2. The van der Waals surface area contributed by atoms with Crippen molar-refractivity contribution in [1.82, 2.24) is 14.8 Å². The zero-order chi connectivity index (χ0) is 19.5. The number of thiophene rings is 1. The van der Waals surface area contributed by atoms with Gasteiger partial charge in [-0.2, -0.15) is 0 Å². The number of rotatable bonds is 5. The predicted octanol–water partition coefficient (Wildman–Crippen LogP) is 3.51. The summed E-state index contributed by atoms with van der Waals surface area (Å²) in [5.41, 5.74) is 4.58. The molecule has 1 unspecified atom stereocenters. The minimum absolute atomic E-state index is 0.175. The smallest absolute Gasteiger partial charge is 0.255 e. The van der Waals surface area contributed by atoms with Gasteiger partial charge in [0, 0.05) is 49.2 Å². The van der Waals surface area contributed by atoms with Gasteiger partial charge in [-0.15, -0.1) is 11.3 Å². The molecule has 0 saturated carbocycles. The molecule has 0 radical (unpaired) electrons. The number of fused-ring (bicyclic) bond motifs is 1. The van der Waals surface area contributed by atoms with E-state index in [9.17, 15) is 4.79 Å². The third-order valence-corrected chi connectivity index (χ3v) is 6.83. The second-order valence-corrected chi connectivity index (χ2v) is 8.64. The molecule has 28 heavy (non-hydrogen) atoms. The van der Waals surface area contributed by atoms with Crippen molar-refractivity contribution in [3.63, 3.8) is 0 Å². The van der Waals surface area contributed by atoms with Crippen LogP contribution in [-0.2, 0) is 30.7 Å². The van der Waals surface area contributed by atoms with Crippen molar-refractivity contribution in [2.24, 2.45) is 0 Å². The number of hydrogen-bond acceptors (Lipinski definition) is 5. The second kappa shape index (κ2) is 8.72. The van der Waals surface area contributed by atoms with E-state index in [1.54, 1.807) is 11.3 Å². The number of pyridine rings is 1. The molecule has 2 aromatic heterocycles. The summed E-state index contributed by atoms with van der Waals surface area (Å²) in [5.74, 6) is 0.185. The molecule has 0 aliphatic carbocycles. The summed E-state index contributed by atoms with van der Waals surface area (Å²) in [5, 5.41) is 2.07. The first-order valence-electron chi connectivity index (χ1n) is 10.3. The van der Waals surface area contributed by atoms with Crippen LogP contribution < -0.4 is 0 Å². The molecule has 2 aliphatic rings. The fraction of sp³-hybridized carbons (Fsp3) is 0.545. The molecule has 1 fully saturated rings. The number of carbonyl (C=O) groups excluding carboxylic acids is 1. The minimum atomic E-state index is 0.175. The monoisotopic (exact) mass is 399 g/mol. The maximum atomic E-state index is 13.1. The topological polar surface area (TPSA) is 45.7 Å². The highest BCUT2D eigenvalue weighted by Crippen LogP contribution is 2.30. The fourth-order valence-electron chi connectivity index (χ4n) is 4.00. The summed E-state index contributed by atoms with van der Waals surface area (Å²) in [7, 11) is 0. The predicted molar refractivity (Wildman–Crippen MR) is 112 cm³/mol. The molecule has 0 bridgehead atoms. The van der Waals surface area contributed by atoms with Crippen molar-refractivity contribution in [2.75, 3.05) is 26.2 Å². The summed E-state index contributed by atoms with van der Waals surface area (Å²) in [6, 6.07) is 4.31. The second-order valence-electron chi connectivity index (χ2n) is 7.68. The van der Waals surface area contributed by atoms with E-state index < -0.39 is 0 Å². The molecule has 150 valence electrons. The molecule has 0 N–H and O–H groups in total. The number of amides is 1. The van der Waals surface area contributed by atoms with Gasteiger partial charge in [0.2, 0.25) is 0 Å². The third-order valence-electron chi connectivity index (χ3n) is 5.82. The molecule has 0 spiro atoms. The summed E-state index contributed by atoms with van der Waals surface area (Å²) >= 11 is 1.73. The molecule has 5 nitrogen and oxygen atoms in total. The fourth-order valence-corrected chi connectivity index (χ4v) is 5.12. The van der Waals surface area contributed by atoms with Crippen LogP contribution in [0.2, 0.25) is 0 Å². The summed E-state index contributed by atoms with van der Waals surface area (Å²) in [6.45, 7) is 9.08. The van der Waals surface area contributed by atoms with Crippen LogP contribution in [0.4, 0.5) is 0 Å². The quantitative estimate of drug-likeness (QED) is 0.772. The first-order valence-corrected chi connectivity index (χ1v) is 11.2. The first kappa shape index (κ1) is 19.6. The average Bonchev–Trinajstić information content (AvgIpc) is 3.17. The summed E-state index contributed by atoms with van der Waals surface area (Å²) < 4.78 is 5.72. The van der Waals surface area contributed by atoms with Gasteiger partial charge in [-0.3, -0.25) is 14.7 Å². The average molecular weight is 400 g/mol. The van der Waals surface area contributed by atoms with Gasteiger partial charge in [0.05, 0.1) is 24.0 Å². The Morgan fingerprint density at radius 3 is 2.96 bits per heavy atom. The van der Waals surface area contributed by atoms with Crippen molar-refractivity contribution in [2.45, 2.75) is 52.3 Å². The van der Waals surface area contributed by atoms with Crippen LogP contribution in [0.15, 0.2) is 23.7 Å². The molecule has 2 aromatic rings. The number of nitrogens with zero attached hydrogens (tertiary/aromatic N) is 3. The number of ether oxygens (including phenoxy) is 1. The summed E-state index contributed by atoms with van der Waals surface area (Å²) in [6.07, 6.45) is 5.07. The zero-order valence-electron chi connectivity index (χ0n) is 16.8. The van der Waals surface area contributed by atoms with Gasteiger partial charge in [0.1, 0.15) is 0 Å². The first-order chi connectivity index (χ1) is 13.7. The molecular weight excluding hydrogens is 370 g/mol. The Kier molecular flexibility index (Phi) is 6.09. The number of hydrogen-bond donors (Lipinski definition) is 0. The van der Waals surface area contributed by atoms with Crippen LogP contribution >= 0.6 is 11.3 Å². The molecule has 1 saturated heterocycles. The maximum absolute atomic E-state index is 13.1. The molecule has 4 rings (SSSR count). The highest BCUT2D eigenvalue weighted by molar-refractivity contribution is 7.10. The summed E-state index contributed by atoms with van der Waals surface area (Å²) in [4.78, 5) is 23.4. The third kappa shape index (κ3) is 4.14. The van der Waals surface area contributed by atoms with E-state index in [0.29, 0.717) is 19.7 Å². The zero-order valence-corrected chi connectivity index (χ0v) is 17.6. The molecule has 6 heteroatoms. The van der Waals surface area contributed by atoms with E-state index in [2.05, 4.69) is 41.2 Å². The maximum Gasteiger partial charge on any atom is 0.255 e. The van der Waals surface area contributed by atoms with E-state index in [0.717, 1.165) is 50.2 Å². The van der Waals surface area contributed by atoms with E-state index in [-0.39, 0.29) is 12.0 Å². The highest BCUT2D eigenvalue weighted by Gasteiger charge is 2.29. The Bertz CT molecular complexity index is 818. The van der Waals surface area contributed by atoms with Crippen molar-refractivity contribution in [1.29, 1.82) is 0 Å². The highest BCUT2D eigenvalue weighted by atomic mass is 32.1. The van der Waals surface area contributed by atoms with Crippen LogP contribution in [0.3, 0.4) is 0 Å². The Labute approximate surface area is 171 Å². The standard InChI is InChI=1S/C22H29N3O2S/c1-3-16-5-6-17(23-11-16)12-24-8-7-19-20(15-28-21(19)14-24)22(26)25-9-10-27-18(4-2)13-25/h5-6,11,15,18H,3-4,7-10,12-14H2,1-2H3. The van der Waals surface area contributed by atoms with Gasteiger partial charge >= 0.3 is 0 Å². The Morgan fingerprint density at radius 1 is 1.32 bits per heavy atom. The number of morpholine rings is 1. The SMILES string of the molecule is CCc1ccc(CN2CCc3c(C(=O)N4CCOC(CC)C4)csc3C2)nc1. The van der Waals surface area contributed by atoms with Gasteiger partial charge in [-0.25, -0.2) is 0 Å². The minimum Gasteiger partial charge on any atom is -0.375 e. The van der Waals surface area contributed by atoms with Crippen molar-refractivity contribution < 1.29 is 9.53 Å². The molecule has 1 amide bonds. The van der Waals surface area contributed by atoms with Gasteiger partial charge < -0.3 is 9.64 Å². The van der Waals surface area contributed by atoms with E-state index in [1.807, 2.05) is 11.1 Å². The Hall–Kier alpha value is -1.76. The van der Waals surface area contributed by atoms with E-state index >= 15 is 0 Å². The van der Waals surface area contributed by atoms with Crippen LogP contribution in [0, 0.1) is 0 Å². The lowest BCUT2D eigenvalue weighted by atomic mass is 10.0. The van der Waals surface area contributed by atoms with Crippen molar-refractivity contribution in [3.8, 4) is 0 Å². The van der Waals surface area contributed by atoms with Crippen LogP contribution in [0.5, 0.6) is 0 Å². The molecule has 2 aliphatic heterocycles. The Balaban J connectivity index is 1.42. The van der Waals surface area contributed by atoms with E-state index in [4.69, 9.17) is 4.74 Å². The number of carbonyl (C=O) groups is 1. The molecule has 4 heterocycles. The van der Waals surface area contributed by atoms with Gasteiger partial charge in [-0.1, -0.05) is 19.9 Å². The Morgan fingerprint density at radius 2 is 2.21 bits per heavy atom. The largest absolute Gasteiger partial charge is 0.375 e. The van der Waals surface area contributed by atoms with E-state index in [1.165, 1.54) is 16.0 Å². The van der Waals surface area contributed by atoms with Gasteiger partial charge in [0.25, 0.3) is 5.91 Å². The lowest BCUT2D eigenvalue weighted by Gasteiger charge is -2.33. The van der Waals surface area contributed by atoms with Crippen molar-refractivity contribution >= 4 is 17.2 Å². The lowest BCUT2D eigenvalue weighted by molar-refractivity contribution is -0.0226. The lowest BCUT2D eigenvalue weighted by Crippen LogP contribution is -2.45. The van der Waals surface area contributed by atoms with Crippen LogP contribution in [0.1, 0.15) is 52.3 Å². The number of aryl methyl sites for hydroxylation is 1. The van der Waals surface area contributed by atoms with Crippen molar-refractivity contribution in [3.05, 3.63) is 51.0 Å². The molecule has 0 aromatic carbocycles. The van der Waals surface area contributed by atoms with Crippen LogP contribution in [-0.4, -0.2) is 53.0 Å². The number of aromatic nitrogens is 1. The molecule has 1 atom stereocenters. The van der Waals surface area contributed by atoms with Gasteiger partial charge in [-0.05, 0) is 36.5 Å².